The molecule has 1 aromatic rings. The van der Waals surface area contributed by atoms with E-state index < -0.39 is 42.3 Å². The molecule has 2 rings (SSSR count). The number of carbonyl (C=O) groups excluding carboxylic acids is 3. The molecule has 0 saturated heterocycles. The number of hydrogen-bond acceptors (Lipinski definition) is 10. The Morgan fingerprint density at radius 2 is 1.37 bits per heavy atom. The van der Waals surface area contributed by atoms with Gasteiger partial charge in [-0.05, 0) is 48.3 Å². The summed E-state index contributed by atoms with van der Waals surface area (Å²) in [5, 5.41) is 9.87. The van der Waals surface area contributed by atoms with Crippen molar-refractivity contribution in [3.8, 4) is 11.5 Å². The molecule has 3 N–H and O–H groups in total. The molecule has 43 heavy (non-hydrogen) atoms. The summed E-state index contributed by atoms with van der Waals surface area (Å²) in [7, 11) is 0. The molecule has 0 radical (unpaired) electrons. The molecule has 1 aliphatic rings. The van der Waals surface area contributed by atoms with Crippen LogP contribution in [0.25, 0.3) is 0 Å². The lowest BCUT2D eigenvalue weighted by molar-refractivity contribution is -0.157. The van der Waals surface area contributed by atoms with Gasteiger partial charge in [0.1, 0.15) is 12.1 Å². The Labute approximate surface area is 254 Å². The average Bonchev–Trinajstić information content (AvgIpc) is 2.91. The van der Waals surface area contributed by atoms with Crippen LogP contribution in [0, 0.1) is 22.7 Å². The molecule has 0 aliphatic heterocycles. The van der Waals surface area contributed by atoms with E-state index in [0.717, 1.165) is 32.1 Å². The van der Waals surface area contributed by atoms with Gasteiger partial charge in [0.25, 0.3) is 0 Å². The van der Waals surface area contributed by atoms with E-state index in [4.69, 9.17) is 29.4 Å². The first-order valence-electron chi connectivity index (χ1n) is 14.9. The second-order valence-corrected chi connectivity index (χ2v) is 13.8. The Hall–Kier alpha value is -3.34. The van der Waals surface area contributed by atoms with E-state index in [0.29, 0.717) is 5.56 Å². The summed E-state index contributed by atoms with van der Waals surface area (Å²) in [6.45, 7) is 14.9. The number of carboxylic acids is 1. The Morgan fingerprint density at radius 3 is 1.86 bits per heavy atom. The third-order valence-electron chi connectivity index (χ3n) is 7.20. The highest BCUT2D eigenvalue weighted by Gasteiger charge is 2.37. The summed E-state index contributed by atoms with van der Waals surface area (Å²) >= 11 is 0. The minimum atomic E-state index is -1.39. The summed E-state index contributed by atoms with van der Waals surface area (Å²) < 4.78 is 27.0. The Balaban J connectivity index is 2.39. The Kier molecular flexibility index (Phi) is 12.8. The fourth-order valence-corrected chi connectivity index (χ4v) is 4.69. The van der Waals surface area contributed by atoms with E-state index in [9.17, 15) is 24.3 Å². The summed E-state index contributed by atoms with van der Waals surface area (Å²) in [5.74, 6) is -3.49. The number of aliphatic carboxylic acids is 1. The molecular formula is C32H49NO10. The maximum absolute atomic E-state index is 12.8. The monoisotopic (exact) mass is 607 g/mol. The SMILES string of the molecule is CC(OC(=O)C1CCCCC1)C(C)C(c1ccc(OC(=O)OCC(C)(C)C)c(OC(=O)OCC(C)(C)C)c1)[C@H](N)C(=O)O. The van der Waals surface area contributed by atoms with Crippen LogP contribution in [0.2, 0.25) is 0 Å². The number of ether oxygens (including phenoxy) is 5. The maximum Gasteiger partial charge on any atom is 0.513 e. The molecule has 11 heteroatoms. The van der Waals surface area contributed by atoms with Crippen LogP contribution in [0.3, 0.4) is 0 Å². The molecule has 1 fully saturated rings. The van der Waals surface area contributed by atoms with Gasteiger partial charge in [-0.3, -0.25) is 9.59 Å². The minimum absolute atomic E-state index is 0.0583. The van der Waals surface area contributed by atoms with Crippen molar-refractivity contribution < 1.29 is 48.0 Å². The molecule has 0 aromatic heterocycles. The number of hydrogen-bond donors (Lipinski definition) is 2. The molecule has 3 unspecified atom stereocenters. The van der Waals surface area contributed by atoms with Gasteiger partial charge in [0.2, 0.25) is 0 Å². The van der Waals surface area contributed by atoms with E-state index in [-0.39, 0.29) is 47.4 Å². The first-order chi connectivity index (χ1) is 19.9. The topological polar surface area (TPSA) is 161 Å². The van der Waals surface area contributed by atoms with E-state index in [1.54, 1.807) is 13.8 Å². The number of nitrogens with two attached hydrogens (primary N) is 1. The zero-order chi connectivity index (χ0) is 32.5. The lowest BCUT2D eigenvalue weighted by Crippen LogP contribution is -2.43. The highest BCUT2D eigenvalue weighted by Crippen LogP contribution is 2.38. The zero-order valence-electron chi connectivity index (χ0n) is 26.8. The average molecular weight is 608 g/mol. The van der Waals surface area contributed by atoms with Crippen molar-refractivity contribution in [2.45, 2.75) is 106 Å². The van der Waals surface area contributed by atoms with Crippen LogP contribution < -0.4 is 15.2 Å². The fourth-order valence-electron chi connectivity index (χ4n) is 4.69. The second-order valence-electron chi connectivity index (χ2n) is 13.8. The van der Waals surface area contributed by atoms with Gasteiger partial charge in [0.05, 0.1) is 19.1 Å². The van der Waals surface area contributed by atoms with E-state index in [1.165, 1.54) is 18.2 Å². The molecule has 242 valence electrons. The Bertz CT molecular complexity index is 1110. The molecule has 1 aromatic carbocycles. The van der Waals surface area contributed by atoms with Gasteiger partial charge < -0.3 is 34.5 Å². The van der Waals surface area contributed by atoms with Crippen molar-refractivity contribution in [2.24, 2.45) is 28.4 Å². The molecular weight excluding hydrogens is 558 g/mol. The number of rotatable bonds is 11. The quantitative estimate of drug-likeness (QED) is 0.161. The van der Waals surface area contributed by atoms with Crippen molar-refractivity contribution in [3.05, 3.63) is 23.8 Å². The predicted octanol–water partition coefficient (Wildman–Crippen LogP) is 6.45. The lowest BCUT2D eigenvalue weighted by Gasteiger charge is -2.33. The van der Waals surface area contributed by atoms with Gasteiger partial charge in [-0.15, -0.1) is 0 Å². The molecule has 4 atom stereocenters. The number of esters is 1. The number of benzene rings is 1. The van der Waals surface area contributed by atoms with Crippen LogP contribution >= 0.6 is 0 Å². The summed E-state index contributed by atoms with van der Waals surface area (Å²) in [4.78, 5) is 50.0. The van der Waals surface area contributed by atoms with Gasteiger partial charge in [0, 0.05) is 11.8 Å². The van der Waals surface area contributed by atoms with Gasteiger partial charge in [-0.2, -0.15) is 0 Å². The smallest absolute Gasteiger partial charge is 0.480 e. The third kappa shape index (κ3) is 12.1. The molecule has 0 bridgehead atoms. The Morgan fingerprint density at radius 1 is 0.860 bits per heavy atom. The maximum atomic E-state index is 12.8. The molecule has 0 heterocycles. The molecule has 1 aliphatic carbocycles. The van der Waals surface area contributed by atoms with E-state index >= 15 is 0 Å². The van der Waals surface area contributed by atoms with Gasteiger partial charge >= 0.3 is 24.2 Å². The minimum Gasteiger partial charge on any atom is -0.480 e. The van der Waals surface area contributed by atoms with Crippen molar-refractivity contribution in [1.82, 2.24) is 0 Å². The summed E-state index contributed by atoms with van der Waals surface area (Å²) in [6.07, 6.45) is 1.84. The van der Waals surface area contributed by atoms with Gasteiger partial charge in [0.15, 0.2) is 11.5 Å². The van der Waals surface area contributed by atoms with Crippen LogP contribution in [0.15, 0.2) is 18.2 Å². The highest BCUT2D eigenvalue weighted by atomic mass is 16.7. The standard InChI is InChI=1S/C32H49NO10/c1-19(20(2)41-28(36)21-12-10-9-11-13-21)25(26(33)27(34)35)22-14-15-23(42-29(37)39-17-31(3,4)5)24(16-22)43-30(38)40-18-32(6,7)8/h14-16,19-21,25-26H,9-13,17-18,33H2,1-8H3,(H,34,35)/t19?,20?,25?,26-/m0/s1. The predicted molar refractivity (Wildman–Crippen MR) is 159 cm³/mol. The fraction of sp³-hybridized carbons (Fsp3) is 0.688. The molecule has 0 spiro atoms. The lowest BCUT2D eigenvalue weighted by atomic mass is 9.79. The molecule has 0 amide bonds. The summed E-state index contributed by atoms with van der Waals surface area (Å²) in [6, 6.07) is 2.88. The van der Waals surface area contributed by atoms with Crippen LogP contribution in [0.1, 0.15) is 99.0 Å². The van der Waals surface area contributed by atoms with Gasteiger partial charge in [-0.1, -0.05) is 73.8 Å². The third-order valence-corrected chi connectivity index (χ3v) is 7.20. The normalized spacial score (nSPS) is 17.1. The first-order valence-corrected chi connectivity index (χ1v) is 14.9. The van der Waals surface area contributed by atoms with Crippen molar-refractivity contribution in [3.63, 3.8) is 0 Å². The number of carboxylic acid groups (broad SMARTS) is 1. The van der Waals surface area contributed by atoms with Crippen molar-refractivity contribution in [1.29, 1.82) is 0 Å². The van der Waals surface area contributed by atoms with E-state index in [2.05, 4.69) is 0 Å². The highest BCUT2D eigenvalue weighted by molar-refractivity contribution is 5.75. The van der Waals surface area contributed by atoms with Crippen LogP contribution in [0.4, 0.5) is 9.59 Å². The first kappa shape index (κ1) is 35.9. The van der Waals surface area contributed by atoms with Crippen molar-refractivity contribution in [2.75, 3.05) is 13.2 Å². The van der Waals surface area contributed by atoms with Crippen LogP contribution in [0.5, 0.6) is 11.5 Å². The van der Waals surface area contributed by atoms with Crippen molar-refractivity contribution >= 4 is 24.2 Å². The number of carbonyl (C=O) groups is 4. The second kappa shape index (κ2) is 15.4. The van der Waals surface area contributed by atoms with Gasteiger partial charge in [-0.25, -0.2) is 9.59 Å². The van der Waals surface area contributed by atoms with Crippen LogP contribution in [-0.2, 0) is 23.8 Å². The van der Waals surface area contributed by atoms with E-state index in [1.807, 2.05) is 41.5 Å². The summed E-state index contributed by atoms with van der Waals surface area (Å²) in [5.41, 5.74) is 5.90. The largest absolute Gasteiger partial charge is 0.513 e. The molecule has 1 saturated carbocycles. The molecule has 11 nitrogen and oxygen atoms in total. The van der Waals surface area contributed by atoms with Crippen LogP contribution in [-0.4, -0.2) is 54.7 Å². The zero-order valence-corrected chi connectivity index (χ0v) is 26.8.